The zero-order valence-electron chi connectivity index (χ0n) is 26.5. The number of methoxy groups -OCH3 is 1. The maximum absolute atomic E-state index is 13.4. The number of fused-ring (bicyclic) bond motifs is 1. The van der Waals surface area contributed by atoms with Gasteiger partial charge in [-0.15, -0.1) is 0 Å². The number of carbonyl (C=O) groups is 2. The van der Waals surface area contributed by atoms with Gasteiger partial charge in [-0.1, -0.05) is 59.6 Å². The quantitative estimate of drug-likeness (QED) is 0.331. The molecule has 1 aromatic carbocycles. The van der Waals surface area contributed by atoms with E-state index in [-0.39, 0.29) is 11.8 Å². The third kappa shape index (κ3) is 6.57. The van der Waals surface area contributed by atoms with Gasteiger partial charge in [-0.2, -0.15) is 0 Å². The fourth-order valence-electron chi connectivity index (χ4n) is 6.43. The summed E-state index contributed by atoms with van der Waals surface area (Å²) in [6, 6.07) is 12.0. The highest BCUT2D eigenvalue weighted by Crippen LogP contribution is 2.46. The van der Waals surface area contributed by atoms with Crippen molar-refractivity contribution in [1.29, 1.82) is 0 Å². The standard InChI is InChI=1S/C34H39Cl2N7O3/c1-21(44)37-16-22-17-43(18-22)19-25-11-12-27(39-33(25)46-4)24-8-5-7-23(15-24)26-9-6-10-30(34(26,35)36)40-32(45)31-38-28-20-41(2)14-13-29(28)42(31)3/h5-12,15,22,26H,13-14,16-20H2,1-4H3,(H,37,44)(H,40,45). The van der Waals surface area contributed by atoms with Crippen LogP contribution in [0.15, 0.2) is 60.3 Å². The molecule has 6 rings (SSSR count). The summed E-state index contributed by atoms with van der Waals surface area (Å²) >= 11 is 14.1. The Bertz CT molecular complexity index is 1710. The molecule has 1 saturated heterocycles. The first kappa shape index (κ1) is 32.2. The van der Waals surface area contributed by atoms with E-state index in [0.29, 0.717) is 36.4 Å². The minimum absolute atomic E-state index is 0.00164. The van der Waals surface area contributed by atoms with E-state index in [9.17, 15) is 9.59 Å². The van der Waals surface area contributed by atoms with Gasteiger partial charge in [0, 0.05) is 88.3 Å². The molecule has 2 N–H and O–H groups in total. The monoisotopic (exact) mass is 663 g/mol. The number of nitrogens with one attached hydrogen (secondary N) is 2. The number of benzene rings is 1. The highest BCUT2D eigenvalue weighted by molar-refractivity contribution is 6.51. The van der Waals surface area contributed by atoms with Crippen LogP contribution in [0.25, 0.3) is 11.3 Å². The number of carbonyl (C=O) groups excluding carboxylic acids is 2. The normalized spacial score (nSPS) is 19.6. The molecule has 1 aliphatic carbocycles. The molecule has 1 fully saturated rings. The van der Waals surface area contributed by atoms with Crippen LogP contribution >= 0.6 is 23.2 Å². The first-order chi connectivity index (χ1) is 22.0. The van der Waals surface area contributed by atoms with Gasteiger partial charge in [0.25, 0.3) is 5.91 Å². The number of allylic oxidation sites excluding steroid dienone is 4. The van der Waals surface area contributed by atoms with Crippen molar-refractivity contribution in [1.82, 2.24) is 35.0 Å². The Balaban J connectivity index is 1.15. The summed E-state index contributed by atoms with van der Waals surface area (Å²) in [6.07, 6.45) is 6.37. The summed E-state index contributed by atoms with van der Waals surface area (Å²) in [7, 11) is 5.55. The molecule has 2 aromatic heterocycles. The molecule has 1 unspecified atom stereocenters. The van der Waals surface area contributed by atoms with E-state index in [1.807, 2.05) is 67.2 Å². The Kier molecular flexibility index (Phi) is 9.25. The fourth-order valence-corrected chi connectivity index (χ4v) is 7.05. The van der Waals surface area contributed by atoms with Gasteiger partial charge in [0.05, 0.1) is 24.2 Å². The number of ether oxygens (including phenoxy) is 1. The van der Waals surface area contributed by atoms with Crippen molar-refractivity contribution in [2.45, 2.75) is 36.7 Å². The third-order valence-corrected chi connectivity index (χ3v) is 9.83. The largest absolute Gasteiger partial charge is 0.481 e. The summed E-state index contributed by atoms with van der Waals surface area (Å²) in [6.45, 7) is 6.42. The van der Waals surface area contributed by atoms with Crippen molar-refractivity contribution in [2.24, 2.45) is 13.0 Å². The number of imidazole rings is 1. The van der Waals surface area contributed by atoms with Crippen LogP contribution in [0.3, 0.4) is 0 Å². The number of nitrogens with zero attached hydrogens (tertiary/aromatic N) is 5. The number of alkyl halides is 2. The minimum atomic E-state index is -1.43. The number of hydrogen-bond acceptors (Lipinski definition) is 7. The second-order valence-corrected chi connectivity index (χ2v) is 13.8. The predicted octanol–water partition coefficient (Wildman–Crippen LogP) is 4.19. The summed E-state index contributed by atoms with van der Waals surface area (Å²) < 4.78 is 6.12. The van der Waals surface area contributed by atoms with Gasteiger partial charge < -0.3 is 24.8 Å². The second-order valence-electron chi connectivity index (χ2n) is 12.4. The van der Waals surface area contributed by atoms with Gasteiger partial charge in [-0.25, -0.2) is 9.97 Å². The van der Waals surface area contributed by atoms with Crippen LogP contribution in [0.5, 0.6) is 5.88 Å². The zero-order valence-corrected chi connectivity index (χ0v) is 28.0. The van der Waals surface area contributed by atoms with Crippen LogP contribution in [0.1, 0.15) is 46.0 Å². The van der Waals surface area contributed by atoms with E-state index >= 15 is 0 Å². The maximum Gasteiger partial charge on any atom is 0.291 e. The van der Waals surface area contributed by atoms with Gasteiger partial charge in [0.15, 0.2) is 10.2 Å². The van der Waals surface area contributed by atoms with E-state index < -0.39 is 10.3 Å². The van der Waals surface area contributed by atoms with Crippen molar-refractivity contribution in [3.8, 4) is 17.1 Å². The maximum atomic E-state index is 13.4. The zero-order chi connectivity index (χ0) is 32.6. The number of rotatable bonds is 9. The van der Waals surface area contributed by atoms with Crippen LogP contribution in [0, 0.1) is 5.92 Å². The number of aromatic nitrogens is 3. The Morgan fingerprint density at radius 3 is 2.70 bits per heavy atom. The molecule has 0 saturated carbocycles. The van der Waals surface area contributed by atoms with Gasteiger partial charge >= 0.3 is 0 Å². The summed E-state index contributed by atoms with van der Waals surface area (Å²) in [4.78, 5) is 38.6. The molecule has 0 spiro atoms. The molecule has 0 radical (unpaired) electrons. The number of amides is 2. The summed E-state index contributed by atoms with van der Waals surface area (Å²) in [5.41, 5.74) is 5.92. The number of likely N-dealkylation sites (tertiary alicyclic amines) is 1. The van der Waals surface area contributed by atoms with Gasteiger partial charge in [0.2, 0.25) is 11.8 Å². The summed E-state index contributed by atoms with van der Waals surface area (Å²) in [5, 5.41) is 5.85. The van der Waals surface area contributed by atoms with E-state index in [1.54, 1.807) is 20.1 Å². The predicted molar refractivity (Wildman–Crippen MR) is 179 cm³/mol. The van der Waals surface area contributed by atoms with Gasteiger partial charge in [-0.3, -0.25) is 14.5 Å². The first-order valence-corrected chi connectivity index (χ1v) is 16.2. The van der Waals surface area contributed by atoms with Crippen molar-refractivity contribution in [3.63, 3.8) is 0 Å². The van der Waals surface area contributed by atoms with Crippen molar-refractivity contribution in [2.75, 3.05) is 40.3 Å². The highest BCUT2D eigenvalue weighted by Gasteiger charge is 2.41. The lowest BCUT2D eigenvalue weighted by Crippen LogP contribution is -2.50. The summed E-state index contributed by atoms with van der Waals surface area (Å²) in [5.74, 6) is 0.586. The molecule has 2 amide bonds. The molecule has 10 nitrogen and oxygen atoms in total. The molecule has 2 aliphatic heterocycles. The fraction of sp³-hybridized carbons (Fsp3) is 0.412. The van der Waals surface area contributed by atoms with Gasteiger partial charge in [-0.05, 0) is 30.8 Å². The Labute approximate surface area is 279 Å². The average molecular weight is 665 g/mol. The van der Waals surface area contributed by atoms with E-state index in [2.05, 4.69) is 25.4 Å². The van der Waals surface area contributed by atoms with Crippen LogP contribution in [0.4, 0.5) is 0 Å². The third-order valence-electron chi connectivity index (χ3n) is 8.95. The smallest absolute Gasteiger partial charge is 0.291 e. The number of pyridine rings is 1. The number of halogens is 2. The second kappa shape index (κ2) is 13.2. The highest BCUT2D eigenvalue weighted by atomic mass is 35.5. The van der Waals surface area contributed by atoms with E-state index in [1.165, 1.54) is 0 Å². The molecule has 3 aliphatic rings. The average Bonchev–Trinajstić information content (AvgIpc) is 3.34. The topological polar surface area (TPSA) is 105 Å². The first-order valence-electron chi connectivity index (χ1n) is 15.5. The molecule has 3 aromatic rings. The molecular formula is C34H39Cl2N7O3. The van der Waals surface area contributed by atoms with E-state index in [4.69, 9.17) is 32.9 Å². The van der Waals surface area contributed by atoms with Crippen molar-refractivity contribution in [3.05, 3.63) is 88.7 Å². The van der Waals surface area contributed by atoms with Crippen molar-refractivity contribution >= 4 is 35.0 Å². The lowest BCUT2D eigenvalue weighted by Gasteiger charge is -2.39. The van der Waals surface area contributed by atoms with Crippen LogP contribution in [-0.4, -0.2) is 80.8 Å². The Morgan fingerprint density at radius 2 is 1.93 bits per heavy atom. The van der Waals surface area contributed by atoms with Crippen LogP contribution in [0.2, 0.25) is 0 Å². The molecule has 46 heavy (non-hydrogen) atoms. The van der Waals surface area contributed by atoms with Gasteiger partial charge in [0.1, 0.15) is 0 Å². The van der Waals surface area contributed by atoms with E-state index in [0.717, 1.165) is 66.4 Å². The lowest BCUT2D eigenvalue weighted by molar-refractivity contribution is -0.119. The molecule has 4 heterocycles. The van der Waals surface area contributed by atoms with Crippen LogP contribution < -0.4 is 15.4 Å². The Morgan fingerprint density at radius 1 is 1.13 bits per heavy atom. The molecule has 1 atom stereocenters. The number of likely N-dealkylation sites (N-methyl/N-ethyl adjacent to an activating group) is 1. The molecule has 12 heteroatoms. The molecule has 0 bridgehead atoms. The molecule has 242 valence electrons. The number of hydrogen-bond donors (Lipinski definition) is 2. The molecular weight excluding hydrogens is 625 g/mol. The SMILES string of the molecule is COc1nc(-c2cccc(C3C=CC=C(NC(=O)c4nc5c(n4C)CCN(C)C5)C3(Cl)Cl)c2)ccc1CN1CC(CNC(C)=O)C1. The minimum Gasteiger partial charge on any atom is -0.481 e. The van der Waals surface area contributed by atoms with Crippen molar-refractivity contribution < 1.29 is 14.3 Å². The van der Waals surface area contributed by atoms with Crippen LogP contribution in [-0.2, 0) is 31.4 Å². The lowest BCUT2D eigenvalue weighted by atomic mass is 9.88. The Hall–Kier alpha value is -3.70.